The third kappa shape index (κ3) is 2.46. The molecule has 0 N–H and O–H groups in total. The van der Waals surface area contributed by atoms with Gasteiger partial charge in [-0.15, -0.1) is 0 Å². The van der Waals surface area contributed by atoms with Crippen molar-refractivity contribution in [3.05, 3.63) is 52.3 Å². The first kappa shape index (κ1) is 12.8. The number of benzene rings is 1. The molecule has 1 aromatic heterocycles. The number of aromatic nitrogens is 2. The second-order valence-electron chi connectivity index (χ2n) is 4.23. The molecule has 0 spiro atoms. The third-order valence-electron chi connectivity index (χ3n) is 2.86. The van der Waals surface area contributed by atoms with Gasteiger partial charge in [0.05, 0.1) is 11.8 Å². The molecule has 0 aliphatic heterocycles. The quantitative estimate of drug-likeness (QED) is 0.791. The zero-order chi connectivity index (χ0) is 13.1. The van der Waals surface area contributed by atoms with E-state index in [-0.39, 0.29) is 5.78 Å². The lowest BCUT2D eigenvalue weighted by Gasteiger charge is -2.04. The topological polar surface area (TPSA) is 34.9 Å². The summed E-state index contributed by atoms with van der Waals surface area (Å²) < 4.78 is 1.78. The normalized spacial score (nSPS) is 10.6. The SMILES string of the molecule is CCCn1cc(C(=O)c2cccc(Cl)c2C)cn1. The van der Waals surface area contributed by atoms with Crippen molar-refractivity contribution in [1.82, 2.24) is 9.78 Å². The van der Waals surface area contributed by atoms with Gasteiger partial charge in [0.15, 0.2) is 5.78 Å². The monoisotopic (exact) mass is 262 g/mol. The number of halogens is 1. The Morgan fingerprint density at radius 2 is 2.22 bits per heavy atom. The number of rotatable bonds is 4. The van der Waals surface area contributed by atoms with E-state index in [4.69, 9.17) is 11.6 Å². The first-order valence-corrected chi connectivity index (χ1v) is 6.33. The summed E-state index contributed by atoms with van der Waals surface area (Å²) in [5, 5.41) is 4.78. The summed E-state index contributed by atoms with van der Waals surface area (Å²) in [5.41, 5.74) is 2.06. The summed E-state index contributed by atoms with van der Waals surface area (Å²) in [6, 6.07) is 5.37. The Balaban J connectivity index is 2.32. The van der Waals surface area contributed by atoms with Gasteiger partial charge in [-0.05, 0) is 25.0 Å². The highest BCUT2D eigenvalue weighted by molar-refractivity contribution is 6.32. The van der Waals surface area contributed by atoms with Crippen molar-refractivity contribution in [2.45, 2.75) is 26.8 Å². The zero-order valence-corrected chi connectivity index (χ0v) is 11.2. The van der Waals surface area contributed by atoms with Crippen LogP contribution in [0, 0.1) is 6.92 Å². The molecule has 2 rings (SSSR count). The Kier molecular flexibility index (Phi) is 3.82. The lowest BCUT2D eigenvalue weighted by Crippen LogP contribution is -2.03. The Morgan fingerprint density at radius 1 is 1.44 bits per heavy atom. The summed E-state index contributed by atoms with van der Waals surface area (Å²) in [6.45, 7) is 4.75. The molecule has 0 unspecified atom stereocenters. The molecule has 3 nitrogen and oxygen atoms in total. The fourth-order valence-electron chi connectivity index (χ4n) is 1.84. The summed E-state index contributed by atoms with van der Waals surface area (Å²) in [4.78, 5) is 12.3. The molecule has 94 valence electrons. The zero-order valence-electron chi connectivity index (χ0n) is 10.5. The molecule has 18 heavy (non-hydrogen) atoms. The predicted octanol–water partition coefficient (Wildman–Crippen LogP) is 3.49. The molecule has 0 radical (unpaired) electrons. The lowest BCUT2D eigenvalue weighted by molar-refractivity contribution is 0.103. The first-order valence-electron chi connectivity index (χ1n) is 5.95. The summed E-state index contributed by atoms with van der Waals surface area (Å²) in [5.74, 6) is -0.0302. The van der Waals surface area contributed by atoms with Gasteiger partial charge in [-0.1, -0.05) is 30.7 Å². The summed E-state index contributed by atoms with van der Waals surface area (Å²) in [6.07, 6.45) is 4.38. The molecule has 1 heterocycles. The van der Waals surface area contributed by atoms with E-state index >= 15 is 0 Å². The van der Waals surface area contributed by atoms with E-state index in [0.717, 1.165) is 18.5 Å². The Labute approximate surface area is 111 Å². The fraction of sp³-hybridized carbons (Fsp3) is 0.286. The van der Waals surface area contributed by atoms with Crippen molar-refractivity contribution >= 4 is 17.4 Å². The minimum atomic E-state index is -0.0302. The molecule has 2 aromatic rings. The lowest BCUT2D eigenvalue weighted by atomic mass is 10.0. The molecular formula is C14H15ClN2O. The second kappa shape index (κ2) is 5.36. The fourth-order valence-corrected chi connectivity index (χ4v) is 2.02. The largest absolute Gasteiger partial charge is 0.288 e. The predicted molar refractivity (Wildman–Crippen MR) is 72.1 cm³/mol. The molecule has 0 saturated carbocycles. The molecule has 4 heteroatoms. The van der Waals surface area contributed by atoms with Crippen LogP contribution in [0.15, 0.2) is 30.6 Å². The van der Waals surface area contributed by atoms with Gasteiger partial charge in [0.25, 0.3) is 0 Å². The minimum absolute atomic E-state index is 0.0302. The average molecular weight is 263 g/mol. The van der Waals surface area contributed by atoms with E-state index in [0.29, 0.717) is 16.1 Å². The number of aryl methyl sites for hydroxylation is 1. The maximum absolute atomic E-state index is 12.3. The van der Waals surface area contributed by atoms with Crippen molar-refractivity contribution in [1.29, 1.82) is 0 Å². The van der Waals surface area contributed by atoms with E-state index in [1.807, 2.05) is 6.92 Å². The van der Waals surface area contributed by atoms with Crippen molar-refractivity contribution in [2.75, 3.05) is 0 Å². The molecule has 0 fully saturated rings. The highest BCUT2D eigenvalue weighted by atomic mass is 35.5. The maximum atomic E-state index is 12.3. The van der Waals surface area contributed by atoms with Gasteiger partial charge < -0.3 is 0 Å². The first-order chi connectivity index (χ1) is 8.63. The Morgan fingerprint density at radius 3 is 2.94 bits per heavy atom. The maximum Gasteiger partial charge on any atom is 0.196 e. The number of carbonyl (C=O) groups is 1. The smallest absolute Gasteiger partial charge is 0.196 e. The van der Waals surface area contributed by atoms with Gasteiger partial charge in [-0.25, -0.2) is 0 Å². The molecule has 0 aliphatic carbocycles. The van der Waals surface area contributed by atoms with E-state index in [1.54, 1.807) is 35.3 Å². The minimum Gasteiger partial charge on any atom is -0.288 e. The van der Waals surface area contributed by atoms with Crippen molar-refractivity contribution < 1.29 is 4.79 Å². The number of hydrogen-bond acceptors (Lipinski definition) is 2. The van der Waals surface area contributed by atoms with Crippen LogP contribution in [-0.2, 0) is 6.54 Å². The molecule has 0 aliphatic rings. The highest BCUT2D eigenvalue weighted by Gasteiger charge is 2.14. The van der Waals surface area contributed by atoms with E-state index < -0.39 is 0 Å². The van der Waals surface area contributed by atoms with Gasteiger partial charge in [0.1, 0.15) is 0 Å². The molecular weight excluding hydrogens is 248 g/mol. The molecule has 0 amide bonds. The van der Waals surface area contributed by atoms with Crippen LogP contribution in [0.4, 0.5) is 0 Å². The van der Waals surface area contributed by atoms with Crippen LogP contribution in [0.5, 0.6) is 0 Å². The van der Waals surface area contributed by atoms with Crippen LogP contribution in [0.3, 0.4) is 0 Å². The van der Waals surface area contributed by atoms with E-state index in [1.165, 1.54) is 0 Å². The second-order valence-corrected chi connectivity index (χ2v) is 4.64. The summed E-state index contributed by atoms with van der Waals surface area (Å²) in [7, 11) is 0. The highest BCUT2D eigenvalue weighted by Crippen LogP contribution is 2.21. The molecule has 1 aromatic carbocycles. The summed E-state index contributed by atoms with van der Waals surface area (Å²) >= 11 is 6.03. The van der Waals surface area contributed by atoms with Gasteiger partial charge in [-0.2, -0.15) is 5.10 Å². The van der Waals surface area contributed by atoms with Gasteiger partial charge in [0, 0.05) is 23.3 Å². The molecule has 0 bridgehead atoms. The number of nitrogens with zero attached hydrogens (tertiary/aromatic N) is 2. The van der Waals surface area contributed by atoms with Crippen LogP contribution in [0.2, 0.25) is 5.02 Å². The van der Waals surface area contributed by atoms with Crippen LogP contribution >= 0.6 is 11.6 Å². The van der Waals surface area contributed by atoms with Crippen molar-refractivity contribution in [3.8, 4) is 0 Å². The molecule has 0 atom stereocenters. The Hall–Kier alpha value is -1.61. The van der Waals surface area contributed by atoms with Crippen LogP contribution in [0.25, 0.3) is 0 Å². The van der Waals surface area contributed by atoms with Crippen LogP contribution in [0.1, 0.15) is 34.8 Å². The van der Waals surface area contributed by atoms with Gasteiger partial charge >= 0.3 is 0 Å². The van der Waals surface area contributed by atoms with Crippen LogP contribution < -0.4 is 0 Å². The van der Waals surface area contributed by atoms with Crippen molar-refractivity contribution in [3.63, 3.8) is 0 Å². The number of hydrogen-bond donors (Lipinski definition) is 0. The average Bonchev–Trinajstić information content (AvgIpc) is 2.81. The van der Waals surface area contributed by atoms with E-state index in [2.05, 4.69) is 12.0 Å². The Bertz CT molecular complexity index is 575. The number of carbonyl (C=O) groups excluding carboxylic acids is 1. The van der Waals surface area contributed by atoms with Crippen molar-refractivity contribution in [2.24, 2.45) is 0 Å². The standard InChI is InChI=1S/C14H15ClN2O/c1-3-7-17-9-11(8-16-17)14(18)12-5-4-6-13(15)10(12)2/h4-6,8-9H,3,7H2,1-2H3. The molecule has 0 saturated heterocycles. The van der Waals surface area contributed by atoms with Gasteiger partial charge in [-0.3, -0.25) is 9.48 Å². The van der Waals surface area contributed by atoms with Crippen LogP contribution in [-0.4, -0.2) is 15.6 Å². The van der Waals surface area contributed by atoms with E-state index in [9.17, 15) is 4.79 Å². The van der Waals surface area contributed by atoms with Gasteiger partial charge in [0.2, 0.25) is 0 Å². The third-order valence-corrected chi connectivity index (χ3v) is 3.27. The number of ketones is 1.